The zero-order chi connectivity index (χ0) is 14.1. The van der Waals surface area contributed by atoms with E-state index in [1.165, 1.54) is 30.6 Å². The summed E-state index contributed by atoms with van der Waals surface area (Å²) in [4.78, 5) is 14.0. The molecular weight excluding hydrogens is 356 g/mol. The molecule has 0 aliphatic heterocycles. The minimum atomic E-state index is -0.0769. The fraction of sp³-hybridized carbons (Fsp3) is 0.688. The van der Waals surface area contributed by atoms with E-state index in [9.17, 15) is 4.79 Å². The lowest BCUT2D eigenvalue weighted by Gasteiger charge is -2.60. The predicted octanol–water partition coefficient (Wildman–Crippen LogP) is 5.95. The molecule has 2 atom stereocenters. The Morgan fingerprint density at radius 1 is 1.35 bits per heavy atom. The molecule has 4 aliphatic rings. The van der Waals surface area contributed by atoms with E-state index >= 15 is 0 Å². The number of ketones is 1. The van der Waals surface area contributed by atoms with Gasteiger partial charge in [0.2, 0.25) is 0 Å². The van der Waals surface area contributed by atoms with Crippen LogP contribution in [0.2, 0.25) is 4.34 Å². The van der Waals surface area contributed by atoms with Crippen molar-refractivity contribution in [1.29, 1.82) is 0 Å². The molecule has 0 radical (unpaired) electrons. The lowest BCUT2D eigenvalue weighted by molar-refractivity contribution is -0.0819. The maximum Gasteiger partial charge on any atom is 0.179 e. The monoisotopic (exact) mass is 372 g/mol. The lowest BCUT2D eigenvalue weighted by Crippen LogP contribution is -2.53. The average molecular weight is 374 g/mol. The first-order chi connectivity index (χ1) is 9.39. The highest BCUT2D eigenvalue weighted by molar-refractivity contribution is 9.10. The Morgan fingerprint density at radius 2 is 2.00 bits per heavy atom. The highest BCUT2D eigenvalue weighted by Crippen LogP contribution is 2.66. The van der Waals surface area contributed by atoms with Crippen molar-refractivity contribution in [1.82, 2.24) is 0 Å². The number of carbonyl (C=O) groups excluding carboxylic acids is 1. The number of halogens is 2. The number of Topliss-reactive ketones (excluding diaryl/α,β-unsaturated/α-hetero) is 1. The van der Waals surface area contributed by atoms with Crippen LogP contribution in [0.1, 0.15) is 55.1 Å². The van der Waals surface area contributed by atoms with E-state index in [1.54, 1.807) is 0 Å². The Balaban J connectivity index is 1.72. The van der Waals surface area contributed by atoms with E-state index in [2.05, 4.69) is 22.9 Å². The van der Waals surface area contributed by atoms with Gasteiger partial charge in [-0.05, 0) is 77.8 Å². The Morgan fingerprint density at radius 3 is 2.50 bits per heavy atom. The molecule has 0 saturated heterocycles. The van der Waals surface area contributed by atoms with Gasteiger partial charge in [-0.1, -0.05) is 18.5 Å². The Labute approximate surface area is 137 Å². The van der Waals surface area contributed by atoms with Gasteiger partial charge in [-0.3, -0.25) is 4.79 Å². The van der Waals surface area contributed by atoms with Gasteiger partial charge < -0.3 is 0 Å². The summed E-state index contributed by atoms with van der Waals surface area (Å²) in [7, 11) is 0. The zero-order valence-corrected chi connectivity index (χ0v) is 14.7. The van der Waals surface area contributed by atoms with Gasteiger partial charge in [-0.2, -0.15) is 0 Å². The van der Waals surface area contributed by atoms with Gasteiger partial charge >= 0.3 is 0 Å². The SMILES string of the molecule is CC12CC3CC(C1)CC(C(=O)c1cc(Br)c(Cl)s1)(C3)C2. The molecule has 5 rings (SSSR count). The molecule has 1 aromatic rings. The third-order valence-corrected chi connectivity index (χ3v) is 8.18. The number of carbonyl (C=O) groups is 1. The molecule has 2 unspecified atom stereocenters. The molecule has 20 heavy (non-hydrogen) atoms. The Bertz CT molecular complexity index is 560. The van der Waals surface area contributed by atoms with Crippen molar-refractivity contribution in [3.63, 3.8) is 0 Å². The van der Waals surface area contributed by atoms with Crippen molar-refractivity contribution in [2.45, 2.75) is 45.4 Å². The van der Waals surface area contributed by atoms with Crippen LogP contribution in [0.25, 0.3) is 0 Å². The third-order valence-electron chi connectivity index (χ3n) is 5.70. The summed E-state index contributed by atoms with van der Waals surface area (Å²) >= 11 is 11.0. The molecule has 0 N–H and O–H groups in total. The van der Waals surface area contributed by atoms with Gasteiger partial charge in [0.05, 0.1) is 4.88 Å². The van der Waals surface area contributed by atoms with E-state index in [-0.39, 0.29) is 5.41 Å². The lowest BCUT2D eigenvalue weighted by atomic mass is 9.44. The minimum Gasteiger partial charge on any atom is -0.293 e. The van der Waals surface area contributed by atoms with Gasteiger partial charge in [0.25, 0.3) is 0 Å². The molecule has 0 spiro atoms. The van der Waals surface area contributed by atoms with Crippen LogP contribution in [0.4, 0.5) is 0 Å². The summed E-state index contributed by atoms with van der Waals surface area (Å²) in [6, 6.07) is 1.93. The van der Waals surface area contributed by atoms with Crippen molar-refractivity contribution in [2.24, 2.45) is 22.7 Å². The summed E-state index contributed by atoms with van der Waals surface area (Å²) in [5.41, 5.74) is 0.338. The second kappa shape index (κ2) is 4.33. The molecule has 1 nitrogen and oxygen atoms in total. The largest absolute Gasteiger partial charge is 0.293 e. The van der Waals surface area contributed by atoms with Gasteiger partial charge in [0, 0.05) is 9.89 Å². The molecule has 1 aromatic heterocycles. The second-order valence-electron chi connectivity index (χ2n) is 7.61. The topological polar surface area (TPSA) is 17.1 Å². The first-order valence-electron chi connectivity index (χ1n) is 7.39. The third kappa shape index (κ3) is 1.96. The predicted molar refractivity (Wildman–Crippen MR) is 86.6 cm³/mol. The fourth-order valence-corrected chi connectivity index (χ4v) is 7.47. The molecule has 108 valence electrons. The van der Waals surface area contributed by atoms with E-state index < -0.39 is 0 Å². The molecule has 4 saturated carbocycles. The summed E-state index contributed by atoms with van der Waals surface area (Å²) in [5, 5.41) is 0. The standard InChI is InChI=1S/C16H18BrClOS/c1-15-4-9-2-10(5-15)7-16(6-9,8-15)13(19)12-3-11(17)14(18)20-12/h3,9-10H,2,4-8H2,1H3. The van der Waals surface area contributed by atoms with Crippen LogP contribution in [0.3, 0.4) is 0 Å². The van der Waals surface area contributed by atoms with Crippen LogP contribution in [-0.2, 0) is 0 Å². The first kappa shape index (κ1) is 13.8. The molecule has 0 aromatic carbocycles. The fourth-order valence-electron chi connectivity index (χ4n) is 5.71. The number of thiophene rings is 1. The summed E-state index contributed by atoms with van der Waals surface area (Å²) in [5.74, 6) is 1.93. The Hall–Kier alpha value is 0.140. The molecule has 4 fully saturated rings. The van der Waals surface area contributed by atoms with E-state index in [0.29, 0.717) is 15.5 Å². The molecule has 4 bridgehead atoms. The van der Waals surface area contributed by atoms with Gasteiger partial charge in [-0.15, -0.1) is 11.3 Å². The van der Waals surface area contributed by atoms with Gasteiger partial charge in [-0.25, -0.2) is 0 Å². The van der Waals surface area contributed by atoms with Gasteiger partial charge in [0.15, 0.2) is 5.78 Å². The maximum absolute atomic E-state index is 13.1. The van der Waals surface area contributed by atoms with Crippen LogP contribution in [-0.4, -0.2) is 5.78 Å². The summed E-state index contributed by atoms with van der Waals surface area (Å²) < 4.78 is 1.56. The first-order valence-corrected chi connectivity index (χ1v) is 9.38. The zero-order valence-electron chi connectivity index (χ0n) is 11.5. The highest BCUT2D eigenvalue weighted by Gasteiger charge is 2.58. The molecule has 1 heterocycles. The van der Waals surface area contributed by atoms with E-state index in [0.717, 1.165) is 40.4 Å². The molecule has 4 aliphatic carbocycles. The smallest absolute Gasteiger partial charge is 0.179 e. The average Bonchev–Trinajstić information content (AvgIpc) is 2.65. The maximum atomic E-state index is 13.1. The summed E-state index contributed by atoms with van der Waals surface area (Å²) in [6.45, 7) is 2.41. The van der Waals surface area contributed by atoms with Crippen LogP contribution in [0.5, 0.6) is 0 Å². The van der Waals surface area contributed by atoms with Crippen LogP contribution >= 0.6 is 38.9 Å². The number of hydrogen-bond acceptors (Lipinski definition) is 2. The molecule has 4 heteroatoms. The van der Waals surface area contributed by atoms with Crippen LogP contribution < -0.4 is 0 Å². The Kier molecular flexibility index (Phi) is 2.98. The molecule has 0 amide bonds. The van der Waals surface area contributed by atoms with Crippen LogP contribution in [0, 0.1) is 22.7 Å². The number of hydrogen-bond donors (Lipinski definition) is 0. The van der Waals surface area contributed by atoms with Crippen molar-refractivity contribution in [3.05, 3.63) is 19.8 Å². The van der Waals surface area contributed by atoms with Crippen molar-refractivity contribution in [2.75, 3.05) is 0 Å². The quantitative estimate of drug-likeness (QED) is 0.585. The van der Waals surface area contributed by atoms with E-state index in [4.69, 9.17) is 11.6 Å². The second-order valence-corrected chi connectivity index (χ2v) is 10.1. The summed E-state index contributed by atoms with van der Waals surface area (Å²) in [6.07, 6.45) is 7.37. The van der Waals surface area contributed by atoms with Gasteiger partial charge in [0.1, 0.15) is 4.34 Å². The van der Waals surface area contributed by atoms with Crippen molar-refractivity contribution in [3.8, 4) is 0 Å². The normalized spacial score (nSPS) is 42.1. The number of rotatable bonds is 2. The van der Waals surface area contributed by atoms with E-state index in [1.807, 2.05) is 6.07 Å². The van der Waals surface area contributed by atoms with Crippen molar-refractivity contribution < 1.29 is 4.79 Å². The molecular formula is C16H18BrClOS. The van der Waals surface area contributed by atoms with Crippen molar-refractivity contribution >= 4 is 44.7 Å². The minimum absolute atomic E-state index is 0.0769. The van der Waals surface area contributed by atoms with Crippen LogP contribution in [0.15, 0.2) is 10.5 Å². The highest BCUT2D eigenvalue weighted by atomic mass is 79.9.